The highest BCUT2D eigenvalue weighted by molar-refractivity contribution is 6.30. The van der Waals surface area contributed by atoms with Crippen LogP contribution in [0.25, 0.3) is 10.8 Å². The molecule has 0 saturated heterocycles. The monoisotopic (exact) mass is 437 g/mol. The lowest BCUT2D eigenvalue weighted by atomic mass is 10.0. The van der Waals surface area contributed by atoms with E-state index in [9.17, 15) is 9.18 Å². The van der Waals surface area contributed by atoms with Crippen molar-refractivity contribution in [2.24, 2.45) is 7.05 Å². The summed E-state index contributed by atoms with van der Waals surface area (Å²) in [5.74, 6) is 0.721. The molecule has 8 heteroatoms. The molecule has 4 rings (SSSR count). The Kier molecular flexibility index (Phi) is 5.86. The second-order valence-electron chi connectivity index (χ2n) is 7.20. The Bertz CT molecular complexity index is 1260. The van der Waals surface area contributed by atoms with E-state index in [4.69, 9.17) is 11.6 Å². The first-order chi connectivity index (χ1) is 14.9. The van der Waals surface area contributed by atoms with Gasteiger partial charge in [0.15, 0.2) is 0 Å². The average molecular weight is 438 g/mol. The molecule has 4 aromatic rings. The zero-order valence-corrected chi connectivity index (χ0v) is 17.8. The Balaban J connectivity index is 1.56. The smallest absolute Gasteiger partial charge is 0.251 e. The number of benzene rings is 2. The van der Waals surface area contributed by atoms with Crippen molar-refractivity contribution in [1.29, 1.82) is 0 Å². The number of rotatable bonds is 6. The van der Waals surface area contributed by atoms with E-state index in [1.165, 1.54) is 12.1 Å². The average Bonchev–Trinajstić information content (AvgIpc) is 3.17. The molecule has 158 valence electrons. The molecule has 6 nitrogen and oxygen atoms in total. The number of fused-ring (bicyclic) bond motifs is 1. The molecule has 31 heavy (non-hydrogen) atoms. The minimum Gasteiger partial charge on any atom is -0.345 e. The molecule has 0 saturated carbocycles. The number of carbonyl (C=O) groups is 1. The lowest BCUT2D eigenvalue weighted by Gasteiger charge is -2.18. The lowest BCUT2D eigenvalue weighted by Crippen LogP contribution is -2.28. The maximum atomic E-state index is 13.8. The molecule has 2 aromatic heterocycles. The van der Waals surface area contributed by atoms with Crippen molar-refractivity contribution in [3.8, 4) is 0 Å². The standard InChI is InChI=1S/C23H21ClFN5O/c1-3-20(14-6-7-18(24)19(25)11-14)28-23(31)15-4-5-16-13-26-21(12-17(16)10-15)29-22-8-9-27-30(22)2/h4-13,20H,3H2,1-2H3,(H,26,29)(H,28,31)/t20-/m1/s1. The second kappa shape index (κ2) is 8.73. The molecule has 0 unspecified atom stereocenters. The number of carbonyl (C=O) groups excluding carboxylic acids is 1. The fourth-order valence-electron chi connectivity index (χ4n) is 3.37. The van der Waals surface area contributed by atoms with Gasteiger partial charge >= 0.3 is 0 Å². The number of hydrogen-bond donors (Lipinski definition) is 2. The largest absolute Gasteiger partial charge is 0.345 e. The number of nitrogens with zero attached hydrogens (tertiary/aromatic N) is 3. The summed E-state index contributed by atoms with van der Waals surface area (Å²) in [6, 6.07) is 13.4. The van der Waals surface area contributed by atoms with Crippen LogP contribution in [0.15, 0.2) is 60.9 Å². The number of nitrogens with one attached hydrogen (secondary N) is 2. The van der Waals surface area contributed by atoms with Gasteiger partial charge in [-0.3, -0.25) is 9.48 Å². The number of pyridine rings is 1. The Morgan fingerprint density at radius 1 is 1.16 bits per heavy atom. The minimum atomic E-state index is -0.501. The Morgan fingerprint density at radius 2 is 2.00 bits per heavy atom. The van der Waals surface area contributed by atoms with Crippen LogP contribution in [0.2, 0.25) is 5.02 Å². The van der Waals surface area contributed by atoms with E-state index >= 15 is 0 Å². The molecule has 0 spiro atoms. The summed E-state index contributed by atoms with van der Waals surface area (Å²) < 4.78 is 15.6. The number of aryl methyl sites for hydroxylation is 1. The molecule has 0 aliphatic heterocycles. The van der Waals surface area contributed by atoms with Crippen LogP contribution < -0.4 is 10.6 Å². The van der Waals surface area contributed by atoms with E-state index in [0.29, 0.717) is 23.4 Å². The lowest BCUT2D eigenvalue weighted by molar-refractivity contribution is 0.0935. The van der Waals surface area contributed by atoms with Gasteiger partial charge in [0.25, 0.3) is 5.91 Å². The van der Waals surface area contributed by atoms with Gasteiger partial charge in [-0.2, -0.15) is 5.10 Å². The van der Waals surface area contributed by atoms with Crippen molar-refractivity contribution in [3.05, 3.63) is 82.9 Å². The van der Waals surface area contributed by atoms with Crippen molar-refractivity contribution >= 4 is 39.9 Å². The van der Waals surface area contributed by atoms with E-state index in [1.807, 2.05) is 38.2 Å². The van der Waals surface area contributed by atoms with Gasteiger partial charge in [-0.05, 0) is 47.7 Å². The van der Waals surface area contributed by atoms with E-state index in [-0.39, 0.29) is 17.0 Å². The molecule has 2 N–H and O–H groups in total. The topological polar surface area (TPSA) is 71.8 Å². The molecule has 2 heterocycles. The minimum absolute atomic E-state index is 0.0589. The van der Waals surface area contributed by atoms with Gasteiger partial charge in [-0.15, -0.1) is 0 Å². The predicted octanol–water partition coefficient (Wildman–Crippen LogP) is 5.39. The molecular weight excluding hydrogens is 417 g/mol. The Hall–Kier alpha value is -3.45. The number of aromatic nitrogens is 3. The fourth-order valence-corrected chi connectivity index (χ4v) is 3.49. The third kappa shape index (κ3) is 4.51. The number of anilines is 2. The number of hydrogen-bond acceptors (Lipinski definition) is 4. The fraction of sp³-hybridized carbons (Fsp3) is 0.174. The summed E-state index contributed by atoms with van der Waals surface area (Å²) in [5.41, 5.74) is 1.18. The first-order valence-corrected chi connectivity index (χ1v) is 10.2. The Morgan fingerprint density at radius 3 is 2.71 bits per heavy atom. The SMILES string of the molecule is CC[C@@H](NC(=O)c1ccc2cnc(Nc3ccnn3C)cc2c1)c1ccc(Cl)c(F)c1. The second-order valence-corrected chi connectivity index (χ2v) is 7.61. The third-order valence-electron chi connectivity index (χ3n) is 5.12. The maximum absolute atomic E-state index is 13.8. The van der Waals surface area contributed by atoms with Crippen molar-refractivity contribution in [3.63, 3.8) is 0 Å². The molecule has 0 bridgehead atoms. The molecule has 1 atom stereocenters. The van der Waals surface area contributed by atoms with Crippen LogP contribution >= 0.6 is 11.6 Å². The zero-order valence-electron chi connectivity index (χ0n) is 17.1. The van der Waals surface area contributed by atoms with Gasteiger partial charge in [0, 0.05) is 30.3 Å². The summed E-state index contributed by atoms with van der Waals surface area (Å²) >= 11 is 5.77. The summed E-state index contributed by atoms with van der Waals surface area (Å²) in [6.07, 6.45) is 4.06. The van der Waals surface area contributed by atoms with Gasteiger partial charge in [-0.1, -0.05) is 30.7 Å². The third-order valence-corrected chi connectivity index (χ3v) is 5.43. The number of amides is 1. The summed E-state index contributed by atoms with van der Waals surface area (Å²) in [5, 5.41) is 12.2. The number of halogens is 2. The summed E-state index contributed by atoms with van der Waals surface area (Å²) in [6.45, 7) is 1.93. The van der Waals surface area contributed by atoms with Crippen LogP contribution in [0.5, 0.6) is 0 Å². The van der Waals surface area contributed by atoms with E-state index in [0.717, 1.165) is 16.6 Å². The van der Waals surface area contributed by atoms with Gasteiger partial charge in [0.1, 0.15) is 17.5 Å². The van der Waals surface area contributed by atoms with E-state index in [1.54, 1.807) is 29.2 Å². The molecule has 0 radical (unpaired) electrons. The van der Waals surface area contributed by atoms with Gasteiger partial charge in [-0.25, -0.2) is 9.37 Å². The highest BCUT2D eigenvalue weighted by Crippen LogP contribution is 2.24. The van der Waals surface area contributed by atoms with Crippen LogP contribution in [-0.2, 0) is 7.05 Å². The van der Waals surface area contributed by atoms with Crippen LogP contribution in [0.1, 0.15) is 35.3 Å². The van der Waals surface area contributed by atoms with E-state index in [2.05, 4.69) is 20.7 Å². The quantitative estimate of drug-likeness (QED) is 0.424. The Labute approximate surface area is 184 Å². The molecular formula is C23H21ClFN5O. The first kappa shape index (κ1) is 20.8. The van der Waals surface area contributed by atoms with Crippen LogP contribution in [0, 0.1) is 5.82 Å². The van der Waals surface area contributed by atoms with Crippen molar-refractivity contribution < 1.29 is 9.18 Å². The van der Waals surface area contributed by atoms with Crippen LogP contribution in [0.3, 0.4) is 0 Å². The van der Waals surface area contributed by atoms with E-state index < -0.39 is 5.82 Å². The highest BCUT2D eigenvalue weighted by Gasteiger charge is 2.16. The van der Waals surface area contributed by atoms with Crippen molar-refractivity contribution in [1.82, 2.24) is 20.1 Å². The van der Waals surface area contributed by atoms with Crippen molar-refractivity contribution in [2.45, 2.75) is 19.4 Å². The molecule has 0 aliphatic carbocycles. The summed E-state index contributed by atoms with van der Waals surface area (Å²) in [7, 11) is 1.84. The molecule has 0 fully saturated rings. The predicted molar refractivity (Wildman–Crippen MR) is 120 cm³/mol. The zero-order chi connectivity index (χ0) is 22.0. The summed E-state index contributed by atoms with van der Waals surface area (Å²) in [4.78, 5) is 17.3. The first-order valence-electron chi connectivity index (χ1n) is 9.85. The van der Waals surface area contributed by atoms with Crippen LogP contribution in [-0.4, -0.2) is 20.7 Å². The van der Waals surface area contributed by atoms with Gasteiger partial charge in [0.05, 0.1) is 17.3 Å². The van der Waals surface area contributed by atoms with Gasteiger partial charge in [0.2, 0.25) is 0 Å². The molecule has 2 aromatic carbocycles. The van der Waals surface area contributed by atoms with Gasteiger partial charge < -0.3 is 10.6 Å². The molecule has 1 amide bonds. The highest BCUT2D eigenvalue weighted by atomic mass is 35.5. The maximum Gasteiger partial charge on any atom is 0.251 e. The van der Waals surface area contributed by atoms with Crippen molar-refractivity contribution in [2.75, 3.05) is 5.32 Å². The van der Waals surface area contributed by atoms with Crippen LogP contribution in [0.4, 0.5) is 16.0 Å². The molecule has 0 aliphatic rings. The normalized spacial score (nSPS) is 12.0.